The number of rotatable bonds is 3. The van der Waals surface area contributed by atoms with E-state index < -0.39 is 0 Å². The highest BCUT2D eigenvalue weighted by molar-refractivity contribution is 9.09. The fourth-order valence-electron chi connectivity index (χ4n) is 1.00. The van der Waals surface area contributed by atoms with Crippen LogP contribution in [0.4, 0.5) is 0 Å². The zero-order valence-corrected chi connectivity index (χ0v) is 7.49. The van der Waals surface area contributed by atoms with E-state index in [1.54, 1.807) is 0 Å². The molecule has 0 spiro atoms. The summed E-state index contributed by atoms with van der Waals surface area (Å²) in [6.45, 7) is 0.879. The van der Waals surface area contributed by atoms with Crippen molar-refractivity contribution in [2.24, 2.45) is 5.92 Å². The summed E-state index contributed by atoms with van der Waals surface area (Å²) in [5.41, 5.74) is 0. The summed E-state index contributed by atoms with van der Waals surface area (Å²) in [5.74, 6) is 0.870. The molecule has 1 aliphatic rings. The molecule has 1 amide bonds. The summed E-state index contributed by atoms with van der Waals surface area (Å²) in [5, 5.41) is 3.28. The number of carbonyl (C=O) groups excluding carboxylic acids is 1. The number of hydrogen-bond donors (Lipinski definition) is 1. The van der Waals surface area contributed by atoms with Crippen LogP contribution in [0.5, 0.6) is 0 Å². The first-order valence-corrected chi connectivity index (χ1v) is 4.77. The molecule has 1 aliphatic carbocycles. The lowest BCUT2D eigenvalue weighted by Gasteiger charge is -2.25. The Morgan fingerprint density at radius 1 is 1.60 bits per heavy atom. The smallest absolute Gasteiger partial charge is 0.230 e. The largest absolute Gasteiger partial charge is 0.355 e. The molecule has 3 heteroatoms. The fraction of sp³-hybridized carbons (Fsp3) is 0.857. The standard InChI is InChI=1S/C7H12BrNO/c8-4-7(10)9-5-6-2-1-3-6/h6H,1-5H2,(H,9,10). The predicted molar refractivity (Wildman–Crippen MR) is 44.1 cm³/mol. The molecule has 1 fully saturated rings. The molecular weight excluding hydrogens is 194 g/mol. The number of hydrogen-bond acceptors (Lipinski definition) is 1. The topological polar surface area (TPSA) is 29.1 Å². The summed E-state index contributed by atoms with van der Waals surface area (Å²) in [6, 6.07) is 0. The summed E-state index contributed by atoms with van der Waals surface area (Å²) < 4.78 is 0. The average Bonchev–Trinajstić information content (AvgIpc) is 1.84. The zero-order chi connectivity index (χ0) is 7.40. The molecule has 1 saturated carbocycles. The minimum atomic E-state index is 0.104. The van der Waals surface area contributed by atoms with Crippen LogP contribution in [0.3, 0.4) is 0 Å². The van der Waals surface area contributed by atoms with Crippen molar-refractivity contribution in [3.63, 3.8) is 0 Å². The highest BCUT2D eigenvalue weighted by atomic mass is 79.9. The van der Waals surface area contributed by atoms with E-state index in [1.807, 2.05) is 0 Å². The molecule has 0 heterocycles. The van der Waals surface area contributed by atoms with Gasteiger partial charge in [-0.1, -0.05) is 22.4 Å². The molecular formula is C7H12BrNO. The van der Waals surface area contributed by atoms with Crippen LogP contribution >= 0.6 is 15.9 Å². The molecule has 0 aromatic carbocycles. The van der Waals surface area contributed by atoms with Gasteiger partial charge in [-0.2, -0.15) is 0 Å². The van der Waals surface area contributed by atoms with E-state index in [1.165, 1.54) is 19.3 Å². The van der Waals surface area contributed by atoms with Crippen LogP contribution in [0.2, 0.25) is 0 Å². The maximum atomic E-state index is 10.7. The lowest BCUT2D eigenvalue weighted by atomic mass is 9.85. The van der Waals surface area contributed by atoms with E-state index in [2.05, 4.69) is 21.2 Å². The molecule has 0 radical (unpaired) electrons. The van der Waals surface area contributed by atoms with Crippen LogP contribution in [0, 0.1) is 5.92 Å². The number of alkyl halides is 1. The Kier molecular flexibility index (Phi) is 3.19. The van der Waals surface area contributed by atoms with Gasteiger partial charge >= 0.3 is 0 Å². The second-order valence-corrected chi connectivity index (χ2v) is 3.30. The van der Waals surface area contributed by atoms with Gasteiger partial charge in [-0.05, 0) is 18.8 Å². The maximum Gasteiger partial charge on any atom is 0.230 e. The third-order valence-electron chi connectivity index (χ3n) is 1.93. The van der Waals surface area contributed by atoms with E-state index in [9.17, 15) is 4.79 Å². The van der Waals surface area contributed by atoms with Gasteiger partial charge in [0.15, 0.2) is 0 Å². The normalized spacial score (nSPS) is 18.1. The van der Waals surface area contributed by atoms with Gasteiger partial charge in [-0.3, -0.25) is 4.79 Å². The van der Waals surface area contributed by atoms with Gasteiger partial charge in [-0.15, -0.1) is 0 Å². The highest BCUT2D eigenvalue weighted by Crippen LogP contribution is 2.24. The van der Waals surface area contributed by atoms with Crippen molar-refractivity contribution in [2.75, 3.05) is 11.9 Å². The third kappa shape index (κ3) is 2.29. The summed E-state index contributed by atoms with van der Waals surface area (Å²) in [6.07, 6.45) is 3.93. The predicted octanol–water partition coefficient (Wildman–Crippen LogP) is 1.30. The van der Waals surface area contributed by atoms with Crippen LogP contribution in [-0.2, 0) is 4.79 Å². The number of halogens is 1. The molecule has 0 bridgehead atoms. The minimum Gasteiger partial charge on any atom is -0.355 e. The zero-order valence-electron chi connectivity index (χ0n) is 5.90. The minimum absolute atomic E-state index is 0.104. The lowest BCUT2D eigenvalue weighted by Crippen LogP contribution is -2.32. The van der Waals surface area contributed by atoms with Crippen LogP contribution < -0.4 is 5.32 Å². The molecule has 58 valence electrons. The van der Waals surface area contributed by atoms with Crippen molar-refractivity contribution < 1.29 is 4.79 Å². The quantitative estimate of drug-likeness (QED) is 0.692. The second kappa shape index (κ2) is 3.96. The third-order valence-corrected chi connectivity index (χ3v) is 2.44. The van der Waals surface area contributed by atoms with E-state index in [4.69, 9.17) is 0 Å². The highest BCUT2D eigenvalue weighted by Gasteiger charge is 2.17. The van der Waals surface area contributed by atoms with Crippen LogP contribution in [0.1, 0.15) is 19.3 Å². The van der Waals surface area contributed by atoms with Crippen molar-refractivity contribution in [2.45, 2.75) is 19.3 Å². The fourth-order valence-corrected chi connectivity index (χ4v) is 1.20. The number of amides is 1. The van der Waals surface area contributed by atoms with Crippen LogP contribution in [0.15, 0.2) is 0 Å². The second-order valence-electron chi connectivity index (χ2n) is 2.73. The van der Waals surface area contributed by atoms with Crippen molar-refractivity contribution in [3.05, 3.63) is 0 Å². The molecule has 0 aromatic rings. The van der Waals surface area contributed by atoms with E-state index in [-0.39, 0.29) is 5.91 Å². The Hall–Kier alpha value is -0.0500. The number of nitrogens with one attached hydrogen (secondary N) is 1. The summed E-state index contributed by atoms with van der Waals surface area (Å²) >= 11 is 3.09. The molecule has 2 nitrogen and oxygen atoms in total. The molecule has 10 heavy (non-hydrogen) atoms. The van der Waals surface area contributed by atoms with Gasteiger partial charge < -0.3 is 5.32 Å². The van der Waals surface area contributed by atoms with Crippen molar-refractivity contribution in [1.29, 1.82) is 0 Å². The Labute approximate surface area is 69.5 Å². The summed E-state index contributed by atoms with van der Waals surface area (Å²) in [7, 11) is 0. The molecule has 0 unspecified atom stereocenters. The molecule has 1 rings (SSSR count). The van der Waals surface area contributed by atoms with Gasteiger partial charge in [0, 0.05) is 6.54 Å². The van der Waals surface area contributed by atoms with E-state index in [0.717, 1.165) is 12.5 Å². The van der Waals surface area contributed by atoms with Gasteiger partial charge in [0.05, 0.1) is 5.33 Å². The van der Waals surface area contributed by atoms with Gasteiger partial charge in [0.25, 0.3) is 0 Å². The van der Waals surface area contributed by atoms with E-state index in [0.29, 0.717) is 5.33 Å². The maximum absolute atomic E-state index is 10.7. The number of carbonyl (C=O) groups is 1. The van der Waals surface area contributed by atoms with Crippen molar-refractivity contribution in [3.8, 4) is 0 Å². The average molecular weight is 206 g/mol. The molecule has 0 aliphatic heterocycles. The Morgan fingerprint density at radius 2 is 2.30 bits per heavy atom. The first-order chi connectivity index (χ1) is 4.83. The Balaban J connectivity index is 1.98. The molecule has 0 aromatic heterocycles. The lowest BCUT2D eigenvalue weighted by molar-refractivity contribution is -0.118. The molecule has 0 saturated heterocycles. The first kappa shape index (κ1) is 8.05. The van der Waals surface area contributed by atoms with Crippen molar-refractivity contribution >= 4 is 21.8 Å². The monoisotopic (exact) mass is 205 g/mol. The van der Waals surface area contributed by atoms with Crippen LogP contribution in [-0.4, -0.2) is 17.8 Å². The molecule has 0 atom stereocenters. The van der Waals surface area contributed by atoms with Gasteiger partial charge in [-0.25, -0.2) is 0 Å². The van der Waals surface area contributed by atoms with Gasteiger partial charge in [0.1, 0.15) is 0 Å². The SMILES string of the molecule is O=C(CBr)NCC1CCC1. The van der Waals surface area contributed by atoms with E-state index >= 15 is 0 Å². The van der Waals surface area contributed by atoms with Crippen molar-refractivity contribution in [1.82, 2.24) is 5.32 Å². The molecule has 1 N–H and O–H groups in total. The van der Waals surface area contributed by atoms with Gasteiger partial charge in [0.2, 0.25) is 5.91 Å². The summed E-state index contributed by atoms with van der Waals surface area (Å²) in [4.78, 5) is 10.7. The van der Waals surface area contributed by atoms with Crippen LogP contribution in [0.25, 0.3) is 0 Å². The first-order valence-electron chi connectivity index (χ1n) is 3.65. The Bertz CT molecular complexity index is 123. The Morgan fingerprint density at radius 3 is 2.70 bits per heavy atom.